The quantitative estimate of drug-likeness (QED) is 0.472. The molecule has 8 heteroatoms. The number of aliphatic hydroxyl groups excluding tert-OH is 1. The van der Waals surface area contributed by atoms with Crippen LogP contribution in [0.5, 0.6) is 0 Å². The lowest BCUT2D eigenvalue weighted by Gasteiger charge is -2.27. The van der Waals surface area contributed by atoms with E-state index in [0.717, 1.165) is 0 Å². The molecule has 0 aromatic carbocycles. The summed E-state index contributed by atoms with van der Waals surface area (Å²) in [6, 6.07) is -2.84. The highest BCUT2D eigenvalue weighted by molar-refractivity contribution is 5.92. The number of likely N-dealkylation sites (tertiary alicyclic amines) is 1. The zero-order valence-electron chi connectivity index (χ0n) is 13.0. The molecule has 4 atom stereocenters. The van der Waals surface area contributed by atoms with Gasteiger partial charge in [-0.05, 0) is 18.8 Å². The molecule has 0 bridgehead atoms. The Hall–Kier alpha value is -1.67. The van der Waals surface area contributed by atoms with Gasteiger partial charge in [0.2, 0.25) is 11.8 Å². The summed E-state index contributed by atoms with van der Waals surface area (Å²) in [5.41, 5.74) is 5.79. The van der Waals surface area contributed by atoms with Crippen LogP contribution in [-0.4, -0.2) is 64.2 Å². The highest BCUT2D eigenvalue weighted by atomic mass is 16.4. The molecule has 0 radical (unpaired) electrons. The first kappa shape index (κ1) is 18.4. The van der Waals surface area contributed by atoms with Gasteiger partial charge in [-0.25, -0.2) is 4.79 Å². The van der Waals surface area contributed by atoms with Crippen molar-refractivity contribution in [3.05, 3.63) is 0 Å². The Bertz CT molecular complexity index is 429. The molecule has 1 heterocycles. The van der Waals surface area contributed by atoms with Crippen LogP contribution in [0.25, 0.3) is 0 Å². The summed E-state index contributed by atoms with van der Waals surface area (Å²) in [6.07, 6.45) is 1.67. The first-order valence-electron chi connectivity index (χ1n) is 7.53. The molecule has 1 saturated heterocycles. The monoisotopic (exact) mass is 315 g/mol. The van der Waals surface area contributed by atoms with E-state index in [1.807, 2.05) is 13.8 Å². The number of carbonyl (C=O) groups is 3. The number of nitrogens with two attached hydrogens (primary N) is 1. The predicted molar refractivity (Wildman–Crippen MR) is 78.8 cm³/mol. The third-order valence-electron chi connectivity index (χ3n) is 4.18. The van der Waals surface area contributed by atoms with Crippen molar-refractivity contribution >= 4 is 17.8 Å². The Labute approximate surface area is 129 Å². The van der Waals surface area contributed by atoms with Gasteiger partial charge in [0.25, 0.3) is 0 Å². The van der Waals surface area contributed by atoms with Crippen LogP contribution in [0.4, 0.5) is 0 Å². The van der Waals surface area contributed by atoms with Crippen molar-refractivity contribution in [1.29, 1.82) is 0 Å². The van der Waals surface area contributed by atoms with Gasteiger partial charge in [0.1, 0.15) is 12.1 Å². The highest BCUT2D eigenvalue weighted by Gasteiger charge is 2.37. The zero-order valence-corrected chi connectivity index (χ0v) is 13.0. The molecule has 1 fully saturated rings. The smallest absolute Gasteiger partial charge is 0.326 e. The van der Waals surface area contributed by atoms with Gasteiger partial charge >= 0.3 is 5.97 Å². The van der Waals surface area contributed by atoms with E-state index in [4.69, 9.17) is 10.8 Å². The lowest BCUT2D eigenvalue weighted by atomic mass is 9.99. The average Bonchev–Trinajstić information content (AvgIpc) is 2.99. The lowest BCUT2D eigenvalue weighted by Crippen LogP contribution is -2.56. The van der Waals surface area contributed by atoms with Crippen molar-refractivity contribution in [1.82, 2.24) is 10.2 Å². The summed E-state index contributed by atoms with van der Waals surface area (Å²) >= 11 is 0. The topological polar surface area (TPSA) is 133 Å². The lowest BCUT2D eigenvalue weighted by molar-refractivity contribution is -0.150. The first-order valence-corrected chi connectivity index (χ1v) is 7.53. The number of aliphatic carboxylic acids is 1. The molecule has 1 rings (SSSR count). The molecule has 0 aromatic rings. The van der Waals surface area contributed by atoms with Gasteiger partial charge in [-0.3, -0.25) is 9.59 Å². The van der Waals surface area contributed by atoms with Gasteiger partial charge in [0.15, 0.2) is 0 Å². The third-order valence-corrected chi connectivity index (χ3v) is 4.18. The van der Waals surface area contributed by atoms with Crippen LogP contribution < -0.4 is 11.1 Å². The molecule has 5 N–H and O–H groups in total. The standard InChI is InChI=1S/C14H25N3O5/c1-3-8(2)11(15)12(19)16-9(7-18)13(20)17-6-4-5-10(17)14(21)22/h8-11,18H,3-7,15H2,1-2H3,(H,16,19)(H,21,22)/t8-,9-,10+,11-/m0/s1. The molecule has 1 aliphatic rings. The van der Waals surface area contributed by atoms with E-state index < -0.39 is 42.5 Å². The minimum atomic E-state index is -1.16. The molecule has 0 spiro atoms. The Morgan fingerprint density at radius 2 is 2.05 bits per heavy atom. The fourth-order valence-electron chi connectivity index (χ4n) is 2.45. The number of rotatable bonds is 7. The van der Waals surface area contributed by atoms with E-state index in [0.29, 0.717) is 25.8 Å². The minimum absolute atomic E-state index is 0.0620. The van der Waals surface area contributed by atoms with E-state index in [9.17, 15) is 19.5 Å². The van der Waals surface area contributed by atoms with Crippen LogP contribution in [-0.2, 0) is 14.4 Å². The Kier molecular flexibility index (Phi) is 6.76. The normalized spacial score (nSPS) is 22.0. The number of aliphatic hydroxyl groups is 1. The van der Waals surface area contributed by atoms with Gasteiger partial charge in [-0.2, -0.15) is 0 Å². The number of carbonyl (C=O) groups excluding carboxylic acids is 2. The Morgan fingerprint density at radius 3 is 2.55 bits per heavy atom. The number of nitrogens with one attached hydrogen (secondary N) is 1. The van der Waals surface area contributed by atoms with Gasteiger partial charge in [0.05, 0.1) is 12.6 Å². The van der Waals surface area contributed by atoms with E-state index in [2.05, 4.69) is 5.32 Å². The highest BCUT2D eigenvalue weighted by Crippen LogP contribution is 2.18. The number of hydrogen-bond acceptors (Lipinski definition) is 5. The van der Waals surface area contributed by atoms with Crippen LogP contribution in [0.2, 0.25) is 0 Å². The van der Waals surface area contributed by atoms with Gasteiger partial charge < -0.3 is 26.2 Å². The molecule has 2 amide bonds. The molecule has 126 valence electrons. The van der Waals surface area contributed by atoms with Crippen molar-refractivity contribution in [2.75, 3.05) is 13.2 Å². The molecule has 22 heavy (non-hydrogen) atoms. The number of nitrogens with zero attached hydrogens (tertiary/aromatic N) is 1. The molecule has 1 aliphatic heterocycles. The van der Waals surface area contributed by atoms with Crippen molar-refractivity contribution < 1.29 is 24.6 Å². The van der Waals surface area contributed by atoms with E-state index >= 15 is 0 Å². The fraction of sp³-hybridized carbons (Fsp3) is 0.786. The van der Waals surface area contributed by atoms with E-state index in [1.54, 1.807) is 0 Å². The second kappa shape index (κ2) is 8.09. The molecular weight excluding hydrogens is 290 g/mol. The first-order chi connectivity index (χ1) is 10.3. The summed E-state index contributed by atoms with van der Waals surface area (Å²) in [6.45, 7) is 3.43. The molecule has 0 unspecified atom stereocenters. The Morgan fingerprint density at radius 1 is 1.41 bits per heavy atom. The number of carboxylic acids is 1. The summed E-state index contributed by atoms with van der Waals surface area (Å²) in [7, 11) is 0. The number of hydrogen-bond donors (Lipinski definition) is 4. The molecule has 0 aliphatic carbocycles. The van der Waals surface area contributed by atoms with Crippen molar-refractivity contribution in [3.8, 4) is 0 Å². The predicted octanol–water partition coefficient (Wildman–Crippen LogP) is -1.09. The summed E-state index contributed by atoms with van der Waals surface area (Å²) in [5.74, 6) is -2.25. The van der Waals surface area contributed by atoms with Crippen LogP contribution in [0, 0.1) is 5.92 Å². The van der Waals surface area contributed by atoms with E-state index in [1.165, 1.54) is 4.90 Å². The van der Waals surface area contributed by atoms with Crippen molar-refractivity contribution in [2.24, 2.45) is 11.7 Å². The average molecular weight is 315 g/mol. The van der Waals surface area contributed by atoms with Crippen molar-refractivity contribution in [2.45, 2.75) is 51.2 Å². The third kappa shape index (κ3) is 4.17. The maximum Gasteiger partial charge on any atom is 0.326 e. The fourth-order valence-corrected chi connectivity index (χ4v) is 2.45. The van der Waals surface area contributed by atoms with Crippen molar-refractivity contribution in [3.63, 3.8) is 0 Å². The maximum atomic E-state index is 12.3. The van der Waals surface area contributed by atoms with Gasteiger partial charge in [-0.1, -0.05) is 20.3 Å². The van der Waals surface area contributed by atoms with Crippen LogP contribution in [0.15, 0.2) is 0 Å². The van der Waals surface area contributed by atoms with Gasteiger partial charge in [0, 0.05) is 6.54 Å². The molecule has 0 saturated carbocycles. The van der Waals surface area contributed by atoms with E-state index in [-0.39, 0.29) is 5.92 Å². The second-order valence-corrected chi connectivity index (χ2v) is 5.68. The van der Waals surface area contributed by atoms with Gasteiger partial charge in [-0.15, -0.1) is 0 Å². The summed E-state index contributed by atoms with van der Waals surface area (Å²) < 4.78 is 0. The molecule has 8 nitrogen and oxygen atoms in total. The second-order valence-electron chi connectivity index (χ2n) is 5.68. The largest absolute Gasteiger partial charge is 0.480 e. The minimum Gasteiger partial charge on any atom is -0.480 e. The number of amides is 2. The Balaban J connectivity index is 2.73. The van der Waals surface area contributed by atoms with Crippen LogP contribution in [0.3, 0.4) is 0 Å². The number of carboxylic acid groups (broad SMARTS) is 1. The zero-order chi connectivity index (χ0) is 16.9. The summed E-state index contributed by atoms with van der Waals surface area (Å²) in [4.78, 5) is 36.7. The molecular formula is C14H25N3O5. The maximum absolute atomic E-state index is 12.3. The van der Waals surface area contributed by atoms with Crippen LogP contribution in [0.1, 0.15) is 33.1 Å². The molecule has 0 aromatic heterocycles. The van der Waals surface area contributed by atoms with Crippen LogP contribution >= 0.6 is 0 Å². The summed E-state index contributed by atoms with van der Waals surface area (Å²) in [5, 5.41) is 20.9. The SMILES string of the molecule is CC[C@H](C)[C@H](N)C(=O)N[C@@H](CO)C(=O)N1CCC[C@@H]1C(=O)O.